The number of carbonyl (C=O) groups is 9. The number of nitrogens with zero attached hydrogens (tertiary/aromatic N) is 6. The van der Waals surface area contributed by atoms with Gasteiger partial charge in [0.1, 0.15) is 60.2 Å². The normalized spacial score (nSPS) is 24.1. The summed E-state index contributed by atoms with van der Waals surface area (Å²) in [5.74, 6) is -5.76. The average Bonchev–Trinajstić information content (AvgIpc) is 3.38. The molecule has 0 saturated carbocycles. The van der Waals surface area contributed by atoms with Gasteiger partial charge in [-0.1, -0.05) is 106 Å². The van der Waals surface area contributed by atoms with Crippen LogP contribution in [0.15, 0.2) is 24.3 Å². The Bertz CT molecular complexity index is 2100. The molecule has 76 heavy (non-hydrogen) atoms. The first-order valence-corrected chi connectivity index (χ1v) is 27.6. The molecule has 1 aliphatic heterocycles. The molecule has 1 aliphatic rings. The van der Waals surface area contributed by atoms with Gasteiger partial charge in [-0.2, -0.15) is 0 Å². The molecule has 0 radical (unpaired) electrons. The van der Waals surface area contributed by atoms with Gasteiger partial charge in [-0.15, -0.1) is 0 Å². The van der Waals surface area contributed by atoms with E-state index in [0.717, 1.165) is 41.9 Å². The standard InChI is InChI=1S/C57H96N8O11/c1-19-21-22-23-24-25-26-27-47(66)62(14)46(33-36(5)6)55(72)65(17)49-41(11)76-57(74)40(10)61(13)54(71)44(34-42-28-30-43(75-18)31-29-42)59-50(67)45(32-35(3)4)63(15)52(69)38(8)58-51(68)48(37(7)20-2)64(16)53(70)39(9)60(12)56(49)73/h28-31,35-41,44-46,48-49H,19-27,32-34H2,1-18H3,(H,58,68)(H,59,67)/t37-,38-,39-,40+,41+,44-,45-,46-,48-,49-/m0/s1. The number of likely N-dealkylation sites (N-methyl/N-ethyl adjacent to an activating group) is 6. The Balaban J connectivity index is 2.85. The Morgan fingerprint density at radius 3 is 1.79 bits per heavy atom. The minimum absolute atomic E-state index is 0.0274. The number of unbranched alkanes of at least 4 members (excludes halogenated alkanes) is 6. The van der Waals surface area contributed by atoms with Crippen molar-refractivity contribution in [1.82, 2.24) is 40.0 Å². The highest BCUT2D eigenvalue weighted by Crippen LogP contribution is 2.24. The van der Waals surface area contributed by atoms with E-state index < -0.39 is 108 Å². The molecule has 8 amide bonds. The molecule has 1 aromatic rings. The molecule has 1 fully saturated rings. The lowest BCUT2D eigenvalue weighted by Crippen LogP contribution is -2.63. The second-order valence-corrected chi connectivity index (χ2v) is 22.0. The number of amides is 8. The van der Waals surface area contributed by atoms with Crippen LogP contribution in [-0.4, -0.2) is 186 Å². The number of hydrogen-bond donors (Lipinski definition) is 2. The van der Waals surface area contributed by atoms with E-state index >= 15 is 4.79 Å². The first kappa shape index (κ1) is 66.4. The molecular formula is C57H96N8O11. The van der Waals surface area contributed by atoms with E-state index in [2.05, 4.69) is 17.6 Å². The van der Waals surface area contributed by atoms with Crippen molar-refractivity contribution in [2.24, 2.45) is 17.8 Å². The number of ether oxygens (including phenoxy) is 2. The first-order chi connectivity index (χ1) is 35.6. The number of benzene rings is 1. The molecule has 0 unspecified atom stereocenters. The third-order valence-corrected chi connectivity index (χ3v) is 15.1. The summed E-state index contributed by atoms with van der Waals surface area (Å²) in [5, 5.41) is 5.67. The van der Waals surface area contributed by atoms with Gasteiger partial charge < -0.3 is 49.5 Å². The van der Waals surface area contributed by atoms with Gasteiger partial charge in [0.25, 0.3) is 0 Å². The molecule has 19 nitrogen and oxygen atoms in total. The van der Waals surface area contributed by atoms with Crippen LogP contribution in [0, 0.1) is 17.8 Å². The molecule has 2 N–H and O–H groups in total. The van der Waals surface area contributed by atoms with E-state index in [1.807, 2.05) is 34.6 Å². The fraction of sp³-hybridized carbons (Fsp3) is 0.737. The highest BCUT2D eigenvalue weighted by molar-refractivity contribution is 5.98. The predicted octanol–water partition coefficient (Wildman–Crippen LogP) is 5.45. The fourth-order valence-electron chi connectivity index (χ4n) is 9.66. The van der Waals surface area contributed by atoms with Crippen molar-refractivity contribution in [2.75, 3.05) is 49.4 Å². The maximum atomic E-state index is 15.1. The number of hydrogen-bond acceptors (Lipinski definition) is 11. The number of cyclic esters (lactones) is 1. The van der Waals surface area contributed by atoms with Gasteiger partial charge in [0.2, 0.25) is 47.3 Å². The van der Waals surface area contributed by atoms with Crippen LogP contribution in [0.4, 0.5) is 0 Å². The van der Waals surface area contributed by atoms with Gasteiger partial charge in [0.05, 0.1) is 7.11 Å². The number of methoxy groups -OCH3 is 1. The summed E-state index contributed by atoms with van der Waals surface area (Å²) in [6.07, 6.45) is 6.77. The third kappa shape index (κ3) is 18.5. The molecule has 1 aromatic carbocycles. The van der Waals surface area contributed by atoms with Crippen LogP contribution in [-0.2, 0) is 54.3 Å². The monoisotopic (exact) mass is 1070 g/mol. The van der Waals surface area contributed by atoms with Crippen LogP contribution < -0.4 is 15.4 Å². The quantitative estimate of drug-likeness (QED) is 0.124. The summed E-state index contributed by atoms with van der Waals surface area (Å²) in [5.41, 5.74) is 0.645. The molecule has 0 aromatic heterocycles. The molecule has 19 heteroatoms. The van der Waals surface area contributed by atoms with Crippen molar-refractivity contribution in [1.29, 1.82) is 0 Å². The Kier molecular flexibility index (Phi) is 27.5. The highest BCUT2D eigenvalue weighted by Gasteiger charge is 2.45. The maximum absolute atomic E-state index is 15.1. The van der Waals surface area contributed by atoms with Crippen LogP contribution in [0.25, 0.3) is 0 Å². The van der Waals surface area contributed by atoms with Crippen LogP contribution >= 0.6 is 0 Å². The van der Waals surface area contributed by atoms with Crippen molar-refractivity contribution >= 4 is 53.2 Å². The van der Waals surface area contributed by atoms with E-state index in [-0.39, 0.29) is 43.4 Å². The van der Waals surface area contributed by atoms with Gasteiger partial charge in [-0.3, -0.25) is 38.4 Å². The predicted molar refractivity (Wildman–Crippen MR) is 293 cm³/mol. The second kappa shape index (κ2) is 31.5. The van der Waals surface area contributed by atoms with Gasteiger partial charge in [-0.05, 0) is 82.4 Å². The summed E-state index contributed by atoms with van der Waals surface area (Å²) in [4.78, 5) is 138. The molecule has 2 rings (SSSR count). The largest absolute Gasteiger partial charge is 0.497 e. The zero-order chi connectivity index (χ0) is 57.9. The van der Waals surface area contributed by atoms with Crippen LogP contribution in [0.3, 0.4) is 0 Å². The van der Waals surface area contributed by atoms with Crippen molar-refractivity contribution in [2.45, 2.75) is 208 Å². The topological polar surface area (TPSA) is 216 Å². The van der Waals surface area contributed by atoms with Gasteiger partial charge in [0, 0.05) is 55.1 Å². The summed E-state index contributed by atoms with van der Waals surface area (Å²) in [7, 11) is 10.2. The van der Waals surface area contributed by atoms with Gasteiger partial charge in [-0.25, -0.2) is 4.79 Å². The van der Waals surface area contributed by atoms with Gasteiger partial charge >= 0.3 is 5.97 Å². The number of nitrogens with one attached hydrogen (secondary N) is 2. The van der Waals surface area contributed by atoms with Crippen molar-refractivity contribution < 1.29 is 52.6 Å². The summed E-state index contributed by atoms with van der Waals surface area (Å²) < 4.78 is 11.4. The number of esters is 1. The molecule has 0 spiro atoms. The zero-order valence-corrected chi connectivity index (χ0v) is 49.4. The third-order valence-electron chi connectivity index (χ3n) is 15.1. The smallest absolute Gasteiger partial charge is 0.328 e. The maximum Gasteiger partial charge on any atom is 0.328 e. The van der Waals surface area contributed by atoms with Crippen molar-refractivity contribution in [3.63, 3.8) is 0 Å². The Labute approximate surface area is 454 Å². The second-order valence-electron chi connectivity index (χ2n) is 22.0. The zero-order valence-electron chi connectivity index (χ0n) is 49.4. The minimum Gasteiger partial charge on any atom is -0.497 e. The summed E-state index contributed by atoms with van der Waals surface area (Å²) >= 11 is 0. The Hall–Kier alpha value is -5.75. The molecule has 0 aliphatic carbocycles. The Morgan fingerprint density at radius 2 is 1.25 bits per heavy atom. The SMILES string of the molecule is CCCCCCCCCC(=O)N(C)[C@@H](CC(C)C)C(=O)N(C)[C@@H]1C(=O)N(C)[C@@H](C)C(=O)N(C)[C@@H]([C@@H](C)CC)C(=O)N[C@@H](C)C(=O)N(C)[C@@H](CC(C)C)C(=O)N[C@@H](Cc2ccc(OC)cc2)C(=O)N(C)[C@H](C)C(=O)O[C@@H]1C. The summed E-state index contributed by atoms with van der Waals surface area (Å²) in [6, 6.07) is -2.89. The molecule has 1 saturated heterocycles. The molecular weight excluding hydrogens is 973 g/mol. The minimum atomic E-state index is -1.56. The average molecular weight is 1070 g/mol. The fourth-order valence-corrected chi connectivity index (χ4v) is 9.66. The highest BCUT2D eigenvalue weighted by atomic mass is 16.5. The Morgan fingerprint density at radius 1 is 0.684 bits per heavy atom. The van der Waals surface area contributed by atoms with E-state index in [1.165, 1.54) is 96.1 Å². The first-order valence-electron chi connectivity index (χ1n) is 27.6. The van der Waals surface area contributed by atoms with Crippen LogP contribution in [0.1, 0.15) is 152 Å². The number of carbonyl (C=O) groups excluding carboxylic acids is 9. The van der Waals surface area contributed by atoms with E-state index in [9.17, 15) is 38.4 Å². The van der Waals surface area contributed by atoms with E-state index in [4.69, 9.17) is 9.47 Å². The van der Waals surface area contributed by atoms with E-state index in [1.54, 1.807) is 38.2 Å². The number of rotatable bonds is 20. The summed E-state index contributed by atoms with van der Waals surface area (Å²) in [6.45, 7) is 19.3. The van der Waals surface area contributed by atoms with Crippen molar-refractivity contribution in [3.8, 4) is 5.75 Å². The van der Waals surface area contributed by atoms with Crippen molar-refractivity contribution in [3.05, 3.63) is 29.8 Å². The molecule has 1 heterocycles. The molecule has 10 atom stereocenters. The van der Waals surface area contributed by atoms with Crippen LogP contribution in [0.2, 0.25) is 0 Å². The van der Waals surface area contributed by atoms with Crippen LogP contribution in [0.5, 0.6) is 5.75 Å². The van der Waals surface area contributed by atoms with E-state index in [0.29, 0.717) is 24.2 Å². The lowest BCUT2D eigenvalue weighted by Gasteiger charge is -2.40. The molecule has 0 bridgehead atoms. The lowest BCUT2D eigenvalue weighted by molar-refractivity contribution is -0.168. The van der Waals surface area contributed by atoms with Gasteiger partial charge in [0.15, 0.2) is 0 Å². The lowest BCUT2D eigenvalue weighted by atomic mass is 9.95. The molecule has 430 valence electrons.